The Morgan fingerprint density at radius 3 is 2.76 bits per heavy atom. The molecule has 0 amide bonds. The van der Waals surface area contributed by atoms with Gasteiger partial charge in [-0.25, -0.2) is 0 Å². The van der Waals surface area contributed by atoms with E-state index in [4.69, 9.17) is 0 Å². The number of fused-ring (bicyclic) bond motifs is 5. The third kappa shape index (κ3) is 1.99. The van der Waals surface area contributed by atoms with Crippen LogP contribution in [-0.2, 0) is 4.79 Å². The fourth-order valence-electron chi connectivity index (χ4n) is 6.96. The monoisotopic (exact) mass is 286 g/mol. The lowest BCUT2D eigenvalue weighted by Crippen LogP contribution is -2.46. The van der Waals surface area contributed by atoms with E-state index in [1.807, 2.05) is 6.08 Å². The highest BCUT2D eigenvalue weighted by atomic mass is 16.1. The summed E-state index contributed by atoms with van der Waals surface area (Å²) in [5.41, 5.74) is 2.17. The van der Waals surface area contributed by atoms with Crippen LogP contribution in [0.1, 0.15) is 71.6 Å². The third-order valence-electron chi connectivity index (χ3n) is 7.99. The van der Waals surface area contributed by atoms with Crippen LogP contribution in [0.25, 0.3) is 0 Å². The second-order valence-corrected chi connectivity index (χ2v) is 8.53. The van der Waals surface area contributed by atoms with Crippen molar-refractivity contribution in [3.8, 4) is 0 Å². The molecule has 0 aliphatic heterocycles. The maximum Gasteiger partial charge on any atom is 0.155 e. The van der Waals surface area contributed by atoms with Crippen molar-refractivity contribution in [2.45, 2.75) is 71.6 Å². The summed E-state index contributed by atoms with van der Waals surface area (Å²) in [6.07, 6.45) is 13.8. The first-order chi connectivity index (χ1) is 10.1. The molecule has 116 valence electrons. The Bertz CT molecular complexity index is 476. The molecule has 0 bridgehead atoms. The van der Waals surface area contributed by atoms with Gasteiger partial charge in [0.25, 0.3) is 0 Å². The smallest absolute Gasteiger partial charge is 0.155 e. The summed E-state index contributed by atoms with van der Waals surface area (Å²) in [7, 11) is 0. The Kier molecular flexibility index (Phi) is 3.32. The van der Waals surface area contributed by atoms with Crippen LogP contribution in [0, 0.1) is 35.0 Å². The van der Waals surface area contributed by atoms with Crippen molar-refractivity contribution in [3.05, 3.63) is 11.6 Å². The van der Waals surface area contributed by atoms with E-state index in [2.05, 4.69) is 13.8 Å². The number of rotatable bonds is 1. The van der Waals surface area contributed by atoms with Gasteiger partial charge >= 0.3 is 0 Å². The van der Waals surface area contributed by atoms with E-state index in [1.165, 1.54) is 50.5 Å². The molecule has 6 atom stereocenters. The number of hydrogen-bond donors (Lipinski definition) is 0. The molecule has 0 aromatic carbocycles. The van der Waals surface area contributed by atoms with Gasteiger partial charge in [0.2, 0.25) is 0 Å². The average Bonchev–Trinajstić information content (AvgIpc) is 2.83. The maximum absolute atomic E-state index is 11.7. The van der Waals surface area contributed by atoms with Crippen LogP contribution in [-0.4, -0.2) is 5.78 Å². The van der Waals surface area contributed by atoms with Gasteiger partial charge in [0.1, 0.15) is 0 Å². The molecule has 0 radical (unpaired) electrons. The van der Waals surface area contributed by atoms with E-state index in [0.717, 1.165) is 42.4 Å². The zero-order chi connectivity index (χ0) is 14.6. The first kappa shape index (κ1) is 14.0. The van der Waals surface area contributed by atoms with Crippen LogP contribution in [0.4, 0.5) is 0 Å². The van der Waals surface area contributed by atoms with E-state index in [9.17, 15) is 4.79 Å². The van der Waals surface area contributed by atoms with Gasteiger partial charge < -0.3 is 0 Å². The molecule has 0 aromatic heterocycles. The largest absolute Gasteiger partial charge is 0.295 e. The number of carbonyl (C=O) groups is 1. The molecule has 4 aliphatic rings. The summed E-state index contributed by atoms with van der Waals surface area (Å²) in [6, 6.07) is 0. The molecular weight excluding hydrogens is 256 g/mol. The zero-order valence-corrected chi connectivity index (χ0v) is 13.7. The van der Waals surface area contributed by atoms with Crippen molar-refractivity contribution in [3.63, 3.8) is 0 Å². The molecule has 4 aliphatic carbocycles. The predicted octanol–water partition coefficient (Wildman–Crippen LogP) is 5.15. The minimum Gasteiger partial charge on any atom is -0.295 e. The molecule has 1 nitrogen and oxygen atoms in total. The molecule has 21 heavy (non-hydrogen) atoms. The Hall–Kier alpha value is -0.590. The Balaban J connectivity index is 1.61. The molecule has 0 heterocycles. The van der Waals surface area contributed by atoms with E-state index in [-0.39, 0.29) is 0 Å². The fourth-order valence-corrected chi connectivity index (χ4v) is 6.96. The number of carbonyl (C=O) groups excluding carboxylic acids is 1. The zero-order valence-electron chi connectivity index (χ0n) is 13.7. The number of ketones is 1. The summed E-state index contributed by atoms with van der Waals surface area (Å²) in [5.74, 6) is 5.01. The van der Waals surface area contributed by atoms with Crippen LogP contribution in [0.15, 0.2) is 11.6 Å². The molecule has 0 aromatic rings. The lowest BCUT2D eigenvalue weighted by Gasteiger charge is -2.54. The second kappa shape index (κ2) is 4.96. The Morgan fingerprint density at radius 2 is 1.95 bits per heavy atom. The van der Waals surface area contributed by atoms with Crippen molar-refractivity contribution in [1.29, 1.82) is 0 Å². The summed E-state index contributed by atoms with van der Waals surface area (Å²) in [5, 5.41) is 0. The predicted molar refractivity (Wildman–Crippen MR) is 85.9 cm³/mol. The lowest BCUT2D eigenvalue weighted by atomic mass is 9.51. The van der Waals surface area contributed by atoms with Gasteiger partial charge in [-0.3, -0.25) is 4.79 Å². The summed E-state index contributed by atoms with van der Waals surface area (Å²) in [6.45, 7) is 5.02. The van der Waals surface area contributed by atoms with Gasteiger partial charge in [0.15, 0.2) is 5.78 Å². The summed E-state index contributed by atoms with van der Waals surface area (Å²) in [4.78, 5) is 11.7. The Morgan fingerprint density at radius 1 is 1.10 bits per heavy atom. The van der Waals surface area contributed by atoms with Crippen molar-refractivity contribution in [2.75, 3.05) is 0 Å². The molecule has 3 saturated carbocycles. The highest BCUT2D eigenvalue weighted by molar-refractivity contribution is 5.91. The van der Waals surface area contributed by atoms with Crippen LogP contribution >= 0.6 is 0 Å². The maximum atomic E-state index is 11.7. The van der Waals surface area contributed by atoms with Gasteiger partial charge in [-0.1, -0.05) is 25.8 Å². The second-order valence-electron chi connectivity index (χ2n) is 8.53. The van der Waals surface area contributed by atoms with Crippen LogP contribution in [0.3, 0.4) is 0 Å². The minimum atomic E-state index is 0.396. The van der Waals surface area contributed by atoms with Gasteiger partial charge in [0, 0.05) is 6.42 Å². The molecule has 4 rings (SSSR count). The number of hydrogen-bond acceptors (Lipinski definition) is 1. The highest BCUT2D eigenvalue weighted by Crippen LogP contribution is 2.64. The van der Waals surface area contributed by atoms with E-state index < -0.39 is 0 Å². The van der Waals surface area contributed by atoms with Crippen molar-refractivity contribution in [1.82, 2.24) is 0 Å². The van der Waals surface area contributed by atoms with Crippen LogP contribution in [0.5, 0.6) is 0 Å². The Labute approximate surface area is 129 Å². The van der Waals surface area contributed by atoms with Crippen LogP contribution < -0.4 is 0 Å². The van der Waals surface area contributed by atoms with Crippen molar-refractivity contribution in [2.24, 2.45) is 35.0 Å². The van der Waals surface area contributed by atoms with Gasteiger partial charge in [-0.05, 0) is 86.0 Å². The van der Waals surface area contributed by atoms with Gasteiger partial charge in [0.05, 0.1) is 0 Å². The normalized spacial score (nSPS) is 49.1. The van der Waals surface area contributed by atoms with Crippen molar-refractivity contribution >= 4 is 5.78 Å². The molecule has 1 heteroatoms. The van der Waals surface area contributed by atoms with Crippen LogP contribution in [0.2, 0.25) is 0 Å². The van der Waals surface area contributed by atoms with Gasteiger partial charge in [-0.2, -0.15) is 0 Å². The minimum absolute atomic E-state index is 0.396. The summed E-state index contributed by atoms with van der Waals surface area (Å²) >= 11 is 0. The van der Waals surface area contributed by atoms with E-state index >= 15 is 0 Å². The average molecular weight is 286 g/mol. The summed E-state index contributed by atoms with van der Waals surface area (Å²) < 4.78 is 0. The van der Waals surface area contributed by atoms with Gasteiger partial charge in [-0.15, -0.1) is 0 Å². The van der Waals surface area contributed by atoms with Crippen molar-refractivity contribution < 1.29 is 4.79 Å². The first-order valence-electron chi connectivity index (χ1n) is 9.36. The number of allylic oxidation sites excluding steroid dienone is 1. The molecule has 0 unspecified atom stereocenters. The standard InChI is InChI=1S/C20H30O/c1-3-14-5-9-19-18-7-4-13-12-15(21)6-8-16(13)17(18)10-11-20(14,19)2/h12,14,16-19H,3-11H2,1-2H3/t14-,16-,17+,18+,19-,20+/m0/s1. The molecule has 0 N–H and O–H groups in total. The molecule has 0 spiro atoms. The molecular formula is C20H30O. The van der Waals surface area contributed by atoms with E-state index in [0.29, 0.717) is 11.2 Å². The molecule has 3 fully saturated rings. The quantitative estimate of drug-likeness (QED) is 0.651. The molecule has 0 saturated heterocycles. The topological polar surface area (TPSA) is 17.1 Å². The van der Waals surface area contributed by atoms with E-state index in [1.54, 1.807) is 0 Å². The lowest BCUT2D eigenvalue weighted by molar-refractivity contribution is -0.116. The SMILES string of the molecule is CC[C@H]1CC[C@H]2[C@@H]3CCC4=CC(=O)CC[C@@H]4[C@H]3CC[C@]12C. The first-order valence-corrected chi connectivity index (χ1v) is 9.36. The highest BCUT2D eigenvalue weighted by Gasteiger charge is 2.55. The fraction of sp³-hybridized carbons (Fsp3) is 0.850. The third-order valence-corrected chi connectivity index (χ3v) is 7.99.